The monoisotopic (exact) mass is 552 g/mol. The van der Waals surface area contributed by atoms with Crippen LogP contribution in [0.25, 0.3) is 0 Å². The number of aryl methyl sites for hydroxylation is 1. The van der Waals surface area contributed by atoms with Gasteiger partial charge in [0.15, 0.2) is 0 Å². The molecule has 0 saturated heterocycles. The quantitative estimate of drug-likeness (QED) is 0.311. The zero-order valence-corrected chi connectivity index (χ0v) is 23.4. The van der Waals surface area contributed by atoms with Gasteiger partial charge >= 0.3 is 0 Å². The molecular weight excluding hydrogens is 516 g/mol. The van der Waals surface area contributed by atoms with Crippen LogP contribution >= 0.6 is 0 Å². The molecule has 0 aliphatic rings. The summed E-state index contributed by atoms with van der Waals surface area (Å²) in [5, 5.41) is 2.81. The second kappa shape index (κ2) is 14.3. The fraction of sp³-hybridized carbons (Fsp3) is 0.345. The molecule has 0 radical (unpaired) electrons. The van der Waals surface area contributed by atoms with Crippen molar-refractivity contribution in [2.24, 2.45) is 5.92 Å². The fourth-order valence-electron chi connectivity index (χ4n) is 4.09. The smallest absolute Gasteiger partial charge is 0.252 e. The summed E-state index contributed by atoms with van der Waals surface area (Å²) in [6.07, 6.45) is 4.59. The van der Waals surface area contributed by atoms with E-state index in [2.05, 4.69) is 15.0 Å². The van der Waals surface area contributed by atoms with Crippen LogP contribution in [-0.4, -0.2) is 55.7 Å². The molecule has 0 bridgehead atoms. The van der Waals surface area contributed by atoms with Gasteiger partial charge in [0.2, 0.25) is 5.91 Å². The van der Waals surface area contributed by atoms with E-state index in [1.807, 2.05) is 44.2 Å². The number of anilines is 1. The largest absolute Gasteiger partial charge is 0.497 e. The Morgan fingerprint density at radius 2 is 1.64 bits per heavy atom. The molecule has 2 amide bonds. The lowest BCUT2D eigenvalue weighted by molar-refractivity contribution is -0.132. The molecule has 3 rings (SSSR count). The second-order valence-corrected chi connectivity index (χ2v) is 11.3. The highest BCUT2D eigenvalue weighted by Crippen LogP contribution is 2.18. The molecule has 208 valence electrons. The third kappa shape index (κ3) is 9.72. The number of nitrogens with zero attached hydrogens (tertiary/aromatic N) is 2. The molecule has 1 aromatic heterocycles. The van der Waals surface area contributed by atoms with Crippen molar-refractivity contribution in [1.29, 1.82) is 0 Å². The van der Waals surface area contributed by atoms with Crippen LogP contribution in [0.4, 0.5) is 5.69 Å². The van der Waals surface area contributed by atoms with Crippen LogP contribution in [0.15, 0.2) is 79.1 Å². The Balaban J connectivity index is 1.80. The van der Waals surface area contributed by atoms with Gasteiger partial charge in [0, 0.05) is 30.2 Å². The Bertz CT molecular complexity index is 1300. The van der Waals surface area contributed by atoms with Crippen molar-refractivity contribution in [3.05, 3.63) is 90.3 Å². The highest BCUT2D eigenvalue weighted by atomic mass is 32.2. The van der Waals surface area contributed by atoms with Gasteiger partial charge in [0.25, 0.3) is 15.9 Å². The minimum atomic E-state index is -3.94. The SMILES string of the molecule is COc1ccc(NS(=O)(=O)CN(CCCc2ccccc2)C(=O)[C@H](CC(C)C)NC(=O)c2ccncc2)cc1. The first-order chi connectivity index (χ1) is 18.7. The van der Waals surface area contributed by atoms with Crippen LogP contribution in [0.2, 0.25) is 0 Å². The van der Waals surface area contributed by atoms with Crippen LogP contribution < -0.4 is 14.8 Å². The lowest BCUT2D eigenvalue weighted by Gasteiger charge is -2.29. The van der Waals surface area contributed by atoms with E-state index >= 15 is 0 Å². The number of amides is 2. The number of carbonyl (C=O) groups excluding carboxylic acids is 2. The summed E-state index contributed by atoms with van der Waals surface area (Å²) in [6, 6.07) is 18.5. The highest BCUT2D eigenvalue weighted by Gasteiger charge is 2.30. The number of carbonyl (C=O) groups is 2. The Labute approximate surface area is 230 Å². The molecule has 2 N–H and O–H groups in total. The first-order valence-electron chi connectivity index (χ1n) is 12.8. The summed E-state index contributed by atoms with van der Waals surface area (Å²) in [5.41, 5.74) is 1.82. The number of benzene rings is 2. The third-order valence-electron chi connectivity index (χ3n) is 5.99. The molecule has 0 aliphatic carbocycles. The Kier molecular flexibility index (Phi) is 10.9. The molecule has 2 aromatic carbocycles. The van der Waals surface area contributed by atoms with E-state index in [1.165, 1.54) is 24.4 Å². The molecule has 0 fully saturated rings. The Morgan fingerprint density at radius 1 is 0.974 bits per heavy atom. The number of rotatable bonds is 14. The van der Waals surface area contributed by atoms with Gasteiger partial charge in [-0.05, 0) is 67.1 Å². The summed E-state index contributed by atoms with van der Waals surface area (Å²) in [6.45, 7) is 4.10. The topological polar surface area (TPSA) is 118 Å². The summed E-state index contributed by atoms with van der Waals surface area (Å²) in [7, 11) is -2.42. The average Bonchev–Trinajstić information content (AvgIpc) is 2.92. The maximum atomic E-state index is 13.8. The van der Waals surface area contributed by atoms with E-state index in [9.17, 15) is 18.0 Å². The van der Waals surface area contributed by atoms with Gasteiger partial charge in [-0.25, -0.2) is 8.42 Å². The number of nitrogens with one attached hydrogen (secondary N) is 2. The van der Waals surface area contributed by atoms with Crippen molar-refractivity contribution in [2.45, 2.75) is 39.2 Å². The first-order valence-corrected chi connectivity index (χ1v) is 14.5. The standard InChI is InChI=1S/C29H36N4O5S/c1-22(2)20-27(31-28(34)24-15-17-30-18-16-24)29(35)33(19-7-10-23-8-5-4-6-9-23)21-39(36,37)32-25-11-13-26(38-3)14-12-25/h4-6,8-9,11-18,22,27,32H,7,10,19-21H2,1-3H3,(H,31,34)/t27-/m0/s1. The second-order valence-electron chi connectivity index (χ2n) is 9.66. The lowest BCUT2D eigenvalue weighted by atomic mass is 10.0. The van der Waals surface area contributed by atoms with Crippen LogP contribution in [0.5, 0.6) is 5.75 Å². The van der Waals surface area contributed by atoms with Crippen molar-refractivity contribution in [1.82, 2.24) is 15.2 Å². The van der Waals surface area contributed by atoms with E-state index in [4.69, 9.17) is 4.74 Å². The van der Waals surface area contributed by atoms with Crippen molar-refractivity contribution in [2.75, 3.05) is 24.3 Å². The maximum absolute atomic E-state index is 13.8. The van der Waals surface area contributed by atoms with Gasteiger partial charge in [-0.1, -0.05) is 44.2 Å². The van der Waals surface area contributed by atoms with Gasteiger partial charge in [-0.15, -0.1) is 0 Å². The van der Waals surface area contributed by atoms with E-state index in [-0.39, 0.29) is 12.5 Å². The molecule has 1 atom stereocenters. The number of methoxy groups -OCH3 is 1. The van der Waals surface area contributed by atoms with E-state index in [0.717, 1.165) is 5.56 Å². The molecular formula is C29H36N4O5S. The van der Waals surface area contributed by atoms with Gasteiger partial charge in [-0.3, -0.25) is 19.3 Å². The molecule has 10 heteroatoms. The fourth-order valence-corrected chi connectivity index (χ4v) is 5.32. The summed E-state index contributed by atoms with van der Waals surface area (Å²) in [4.78, 5) is 31.9. The predicted molar refractivity (Wildman–Crippen MR) is 152 cm³/mol. The zero-order valence-electron chi connectivity index (χ0n) is 22.5. The van der Waals surface area contributed by atoms with Crippen LogP contribution in [-0.2, 0) is 21.2 Å². The molecule has 3 aromatic rings. The van der Waals surface area contributed by atoms with E-state index < -0.39 is 33.8 Å². The zero-order chi connectivity index (χ0) is 28.3. The number of aromatic nitrogens is 1. The third-order valence-corrected chi connectivity index (χ3v) is 7.19. The maximum Gasteiger partial charge on any atom is 0.252 e. The number of sulfonamides is 1. The lowest BCUT2D eigenvalue weighted by Crippen LogP contribution is -2.51. The Hall–Kier alpha value is -3.92. The number of hydrogen-bond donors (Lipinski definition) is 2. The number of ether oxygens (including phenoxy) is 1. The van der Waals surface area contributed by atoms with Crippen LogP contribution in [0.1, 0.15) is 42.6 Å². The minimum Gasteiger partial charge on any atom is -0.497 e. The van der Waals surface area contributed by atoms with Gasteiger partial charge in [-0.2, -0.15) is 0 Å². The highest BCUT2D eigenvalue weighted by molar-refractivity contribution is 7.92. The van der Waals surface area contributed by atoms with Crippen molar-refractivity contribution >= 4 is 27.5 Å². The molecule has 9 nitrogen and oxygen atoms in total. The van der Waals surface area contributed by atoms with E-state index in [0.29, 0.717) is 36.3 Å². The number of hydrogen-bond acceptors (Lipinski definition) is 6. The molecule has 0 saturated carbocycles. The number of pyridine rings is 1. The molecule has 1 heterocycles. The minimum absolute atomic E-state index is 0.0805. The summed E-state index contributed by atoms with van der Waals surface area (Å²) >= 11 is 0. The summed E-state index contributed by atoms with van der Waals surface area (Å²) in [5.74, 6) is -0.736. The van der Waals surface area contributed by atoms with Gasteiger partial charge in [0.05, 0.1) is 7.11 Å². The molecule has 0 spiro atoms. The Morgan fingerprint density at radius 3 is 2.26 bits per heavy atom. The molecule has 0 aliphatic heterocycles. The summed E-state index contributed by atoms with van der Waals surface area (Å²) < 4.78 is 34.0. The predicted octanol–water partition coefficient (Wildman–Crippen LogP) is 4.10. The van der Waals surface area contributed by atoms with Crippen molar-refractivity contribution < 1.29 is 22.7 Å². The van der Waals surface area contributed by atoms with Crippen LogP contribution in [0.3, 0.4) is 0 Å². The van der Waals surface area contributed by atoms with Crippen molar-refractivity contribution in [3.63, 3.8) is 0 Å². The molecule has 39 heavy (non-hydrogen) atoms. The van der Waals surface area contributed by atoms with Gasteiger partial charge in [0.1, 0.15) is 17.7 Å². The first kappa shape index (κ1) is 29.6. The van der Waals surface area contributed by atoms with Crippen molar-refractivity contribution in [3.8, 4) is 5.75 Å². The van der Waals surface area contributed by atoms with E-state index in [1.54, 1.807) is 36.4 Å². The average molecular weight is 553 g/mol. The normalized spacial score (nSPS) is 12.0. The molecule has 0 unspecified atom stereocenters. The van der Waals surface area contributed by atoms with Crippen LogP contribution in [0, 0.1) is 5.92 Å². The van der Waals surface area contributed by atoms with Gasteiger partial charge < -0.3 is 15.0 Å².